The van der Waals surface area contributed by atoms with Crippen molar-refractivity contribution in [3.63, 3.8) is 0 Å². The van der Waals surface area contributed by atoms with Gasteiger partial charge in [-0.05, 0) is 68.6 Å². The molecule has 1 N–H and O–H groups in total. The number of allylic oxidation sites excluding steroid dienone is 4. The first-order valence-corrected chi connectivity index (χ1v) is 9.00. The number of hydrogen-bond acceptors (Lipinski definition) is 1. The Morgan fingerprint density at radius 1 is 0.957 bits per heavy atom. The number of carbonyl (C=O) groups is 1. The predicted molar refractivity (Wildman–Crippen MR) is 96.5 cm³/mol. The molecule has 1 fully saturated rings. The summed E-state index contributed by atoms with van der Waals surface area (Å²) >= 11 is 5.99. The van der Waals surface area contributed by atoms with E-state index >= 15 is 0 Å². The van der Waals surface area contributed by atoms with E-state index in [1.165, 1.54) is 0 Å². The monoisotopic (exact) mass is 329 g/mol. The number of halogens is 1. The number of rotatable bonds is 2. The van der Waals surface area contributed by atoms with Crippen molar-refractivity contribution >= 4 is 23.2 Å². The number of carbonyl (C=O) groups excluding carboxylic acids is 1. The van der Waals surface area contributed by atoms with Gasteiger partial charge < -0.3 is 5.32 Å². The zero-order chi connectivity index (χ0) is 16.1. The fourth-order valence-electron chi connectivity index (χ4n) is 3.65. The van der Waals surface area contributed by atoms with Gasteiger partial charge in [0.2, 0.25) is 5.91 Å². The van der Waals surface area contributed by atoms with Gasteiger partial charge in [0.15, 0.2) is 0 Å². The van der Waals surface area contributed by atoms with Gasteiger partial charge in [-0.2, -0.15) is 0 Å². The maximum atomic E-state index is 12.6. The van der Waals surface area contributed by atoms with Crippen LogP contribution in [0.2, 0.25) is 5.02 Å². The SMILES string of the molecule is O=C(Nc1cccc(Cl)c1)C1[C@H]2CCC=CCCC=CCC[C@@H]12. The number of fused-ring (bicyclic) bond motifs is 1. The van der Waals surface area contributed by atoms with Crippen LogP contribution >= 0.6 is 11.6 Å². The quantitative estimate of drug-likeness (QED) is 0.702. The number of anilines is 1. The van der Waals surface area contributed by atoms with Crippen molar-refractivity contribution in [2.75, 3.05) is 5.32 Å². The number of nitrogens with one attached hydrogen (secondary N) is 1. The minimum Gasteiger partial charge on any atom is -0.326 e. The summed E-state index contributed by atoms with van der Waals surface area (Å²) in [6.07, 6.45) is 15.8. The second-order valence-electron chi connectivity index (χ2n) is 6.53. The van der Waals surface area contributed by atoms with Crippen LogP contribution in [0.4, 0.5) is 5.69 Å². The average Bonchev–Trinajstić information content (AvgIpc) is 3.20. The smallest absolute Gasteiger partial charge is 0.228 e. The van der Waals surface area contributed by atoms with Gasteiger partial charge in [-0.25, -0.2) is 0 Å². The number of benzene rings is 1. The maximum Gasteiger partial charge on any atom is 0.228 e. The highest BCUT2D eigenvalue weighted by atomic mass is 35.5. The third-order valence-corrected chi connectivity index (χ3v) is 5.13. The Labute approximate surface area is 143 Å². The van der Waals surface area contributed by atoms with Gasteiger partial charge >= 0.3 is 0 Å². The third-order valence-electron chi connectivity index (χ3n) is 4.89. The summed E-state index contributed by atoms with van der Waals surface area (Å²) < 4.78 is 0. The van der Waals surface area contributed by atoms with Crippen molar-refractivity contribution in [3.8, 4) is 0 Å². The summed E-state index contributed by atoms with van der Waals surface area (Å²) in [7, 11) is 0. The van der Waals surface area contributed by atoms with Crippen LogP contribution in [-0.4, -0.2) is 5.91 Å². The van der Waals surface area contributed by atoms with Gasteiger partial charge in [-0.1, -0.05) is 42.0 Å². The van der Waals surface area contributed by atoms with Crippen LogP contribution in [0.15, 0.2) is 48.6 Å². The fraction of sp³-hybridized carbons (Fsp3) is 0.450. The molecule has 3 rings (SSSR count). The Balaban J connectivity index is 1.61. The molecule has 3 atom stereocenters. The summed E-state index contributed by atoms with van der Waals surface area (Å²) in [5, 5.41) is 3.69. The molecule has 122 valence electrons. The van der Waals surface area contributed by atoms with E-state index in [2.05, 4.69) is 29.6 Å². The minimum absolute atomic E-state index is 0.157. The molecule has 0 aromatic heterocycles. The molecule has 0 saturated heterocycles. The van der Waals surface area contributed by atoms with E-state index in [0.29, 0.717) is 16.9 Å². The van der Waals surface area contributed by atoms with E-state index in [1.54, 1.807) is 6.07 Å². The Morgan fingerprint density at radius 3 is 2.17 bits per heavy atom. The van der Waals surface area contributed by atoms with Crippen molar-refractivity contribution in [3.05, 3.63) is 53.6 Å². The molecule has 0 bridgehead atoms. The molecule has 2 nitrogen and oxygen atoms in total. The summed E-state index contributed by atoms with van der Waals surface area (Å²) in [5.74, 6) is 1.39. The Morgan fingerprint density at radius 2 is 1.57 bits per heavy atom. The summed E-state index contributed by atoms with van der Waals surface area (Å²) in [5.41, 5.74) is 0.796. The predicted octanol–water partition coefficient (Wildman–Crippen LogP) is 5.61. The lowest BCUT2D eigenvalue weighted by Gasteiger charge is -2.05. The second kappa shape index (κ2) is 7.83. The molecule has 1 saturated carbocycles. The van der Waals surface area contributed by atoms with Crippen molar-refractivity contribution in [1.82, 2.24) is 0 Å². The lowest BCUT2D eigenvalue weighted by molar-refractivity contribution is -0.117. The van der Waals surface area contributed by atoms with Crippen molar-refractivity contribution in [1.29, 1.82) is 0 Å². The van der Waals surface area contributed by atoms with Crippen LogP contribution in [-0.2, 0) is 4.79 Å². The Kier molecular flexibility index (Phi) is 5.56. The van der Waals surface area contributed by atoms with E-state index in [9.17, 15) is 4.79 Å². The van der Waals surface area contributed by atoms with E-state index in [4.69, 9.17) is 11.6 Å². The molecule has 2 aliphatic carbocycles. The Hall–Kier alpha value is -1.54. The highest BCUT2D eigenvalue weighted by Gasteiger charge is 2.52. The zero-order valence-corrected chi connectivity index (χ0v) is 14.1. The molecule has 0 spiro atoms. The van der Waals surface area contributed by atoms with Crippen LogP contribution < -0.4 is 5.32 Å². The lowest BCUT2D eigenvalue weighted by atomic mass is 10.1. The number of hydrogen-bond donors (Lipinski definition) is 1. The molecule has 0 radical (unpaired) electrons. The average molecular weight is 330 g/mol. The van der Waals surface area contributed by atoms with Crippen LogP contribution in [0.1, 0.15) is 38.5 Å². The van der Waals surface area contributed by atoms with E-state index < -0.39 is 0 Å². The van der Waals surface area contributed by atoms with E-state index in [1.807, 2.05) is 18.2 Å². The van der Waals surface area contributed by atoms with E-state index in [-0.39, 0.29) is 11.8 Å². The third kappa shape index (κ3) is 4.48. The van der Waals surface area contributed by atoms with Crippen LogP contribution in [0, 0.1) is 17.8 Å². The molecular weight excluding hydrogens is 306 g/mol. The fourth-order valence-corrected chi connectivity index (χ4v) is 3.84. The molecule has 2 aliphatic rings. The zero-order valence-electron chi connectivity index (χ0n) is 13.4. The van der Waals surface area contributed by atoms with Crippen LogP contribution in [0.25, 0.3) is 0 Å². The molecule has 0 aliphatic heterocycles. The molecule has 1 aromatic rings. The molecule has 0 heterocycles. The van der Waals surface area contributed by atoms with Crippen LogP contribution in [0.3, 0.4) is 0 Å². The first-order chi connectivity index (χ1) is 11.3. The molecule has 1 amide bonds. The number of amides is 1. The van der Waals surface area contributed by atoms with Crippen molar-refractivity contribution < 1.29 is 4.79 Å². The molecule has 1 unspecified atom stereocenters. The minimum atomic E-state index is 0.157. The standard InChI is InChI=1S/C20H24ClNO/c21-15-10-9-11-16(14-15)22-20(23)19-17-12-7-5-3-1-2-4-6-8-13-18(17)19/h3-6,9-11,14,17-19H,1-2,7-8,12-13H2,(H,22,23)/t17-,18+,19?. The van der Waals surface area contributed by atoms with Gasteiger partial charge in [0.25, 0.3) is 0 Å². The summed E-state index contributed by atoms with van der Waals surface area (Å²) in [6, 6.07) is 7.38. The highest BCUT2D eigenvalue weighted by molar-refractivity contribution is 6.30. The second-order valence-corrected chi connectivity index (χ2v) is 6.96. The highest BCUT2D eigenvalue weighted by Crippen LogP contribution is 2.52. The summed E-state index contributed by atoms with van der Waals surface area (Å²) in [6.45, 7) is 0. The van der Waals surface area contributed by atoms with Crippen molar-refractivity contribution in [2.45, 2.75) is 38.5 Å². The summed E-state index contributed by atoms with van der Waals surface area (Å²) in [4.78, 5) is 12.6. The lowest BCUT2D eigenvalue weighted by Crippen LogP contribution is -2.15. The molecule has 3 heteroatoms. The normalized spacial score (nSPS) is 27.4. The van der Waals surface area contributed by atoms with Gasteiger partial charge in [0.05, 0.1) is 0 Å². The molecule has 23 heavy (non-hydrogen) atoms. The largest absolute Gasteiger partial charge is 0.326 e. The van der Waals surface area contributed by atoms with Crippen LogP contribution in [0.5, 0.6) is 0 Å². The maximum absolute atomic E-state index is 12.6. The molecule has 1 aromatic carbocycles. The van der Waals surface area contributed by atoms with E-state index in [0.717, 1.165) is 44.2 Å². The van der Waals surface area contributed by atoms with Gasteiger partial charge in [-0.3, -0.25) is 4.79 Å². The first-order valence-electron chi connectivity index (χ1n) is 8.62. The topological polar surface area (TPSA) is 29.1 Å². The van der Waals surface area contributed by atoms with Gasteiger partial charge in [0, 0.05) is 16.6 Å². The van der Waals surface area contributed by atoms with Gasteiger partial charge in [0.1, 0.15) is 0 Å². The molecular formula is C20H24ClNO. The Bertz CT molecular complexity index is 583. The van der Waals surface area contributed by atoms with Crippen molar-refractivity contribution in [2.24, 2.45) is 17.8 Å². The van der Waals surface area contributed by atoms with Gasteiger partial charge in [-0.15, -0.1) is 0 Å². The first kappa shape index (κ1) is 16.3.